The lowest BCUT2D eigenvalue weighted by atomic mass is 10.1. The van der Waals surface area contributed by atoms with Gasteiger partial charge in [-0.05, 0) is 18.9 Å². The first-order valence-corrected chi connectivity index (χ1v) is 6.76. The van der Waals surface area contributed by atoms with Crippen LogP contribution in [0.15, 0.2) is 30.3 Å². The van der Waals surface area contributed by atoms with Gasteiger partial charge in [-0.3, -0.25) is 9.59 Å². The number of benzene rings is 1. The predicted octanol–water partition coefficient (Wildman–Crippen LogP) is 0.922. The molecule has 1 aromatic carbocycles. The summed E-state index contributed by atoms with van der Waals surface area (Å²) in [6.45, 7) is 4.02. The van der Waals surface area contributed by atoms with Crippen LogP contribution >= 0.6 is 0 Å². The Bertz CT molecular complexity index is 434. The van der Waals surface area contributed by atoms with Gasteiger partial charge in [0.15, 0.2) is 0 Å². The molecular formula is C15H22N2O3. The molecule has 0 unspecified atom stereocenters. The van der Waals surface area contributed by atoms with E-state index in [1.807, 2.05) is 30.3 Å². The van der Waals surface area contributed by atoms with E-state index in [9.17, 15) is 9.59 Å². The Balaban J connectivity index is 2.65. The van der Waals surface area contributed by atoms with E-state index >= 15 is 0 Å². The molecule has 2 N–H and O–H groups in total. The van der Waals surface area contributed by atoms with Gasteiger partial charge in [0.1, 0.15) is 6.04 Å². The molecule has 0 aromatic heterocycles. The molecule has 0 saturated carbocycles. The molecule has 0 spiro atoms. The van der Waals surface area contributed by atoms with Gasteiger partial charge in [0, 0.05) is 26.6 Å². The van der Waals surface area contributed by atoms with Crippen molar-refractivity contribution in [3.05, 3.63) is 35.9 Å². The minimum atomic E-state index is -0.536. The molecule has 0 fully saturated rings. The van der Waals surface area contributed by atoms with Crippen LogP contribution in [0.3, 0.4) is 0 Å². The van der Waals surface area contributed by atoms with Gasteiger partial charge in [-0.2, -0.15) is 0 Å². The molecule has 20 heavy (non-hydrogen) atoms. The molecule has 0 saturated heterocycles. The number of hydrogen-bond donors (Lipinski definition) is 2. The summed E-state index contributed by atoms with van der Waals surface area (Å²) in [4.78, 5) is 25.2. The number of carbonyl (C=O) groups is 2. The maximum absolute atomic E-state index is 12.0. The van der Waals surface area contributed by atoms with Crippen LogP contribution in [0, 0.1) is 0 Å². The van der Waals surface area contributed by atoms with E-state index in [0.29, 0.717) is 19.5 Å². The van der Waals surface area contributed by atoms with E-state index in [-0.39, 0.29) is 18.4 Å². The molecule has 2 amide bonds. The summed E-state index contributed by atoms with van der Waals surface area (Å²) in [5.74, 6) is -0.344. The molecule has 1 aromatic rings. The number of amides is 2. The molecule has 1 rings (SSSR count). The van der Waals surface area contributed by atoms with E-state index in [1.165, 1.54) is 11.8 Å². The summed E-state index contributed by atoms with van der Waals surface area (Å²) >= 11 is 0. The first-order chi connectivity index (χ1) is 9.56. The quantitative estimate of drug-likeness (QED) is 0.729. The van der Waals surface area contributed by atoms with E-state index in [0.717, 1.165) is 5.56 Å². The van der Waals surface area contributed by atoms with Crippen molar-refractivity contribution in [2.24, 2.45) is 0 Å². The van der Waals surface area contributed by atoms with E-state index < -0.39 is 6.04 Å². The minimum absolute atomic E-state index is 0.0368. The summed E-state index contributed by atoms with van der Waals surface area (Å²) in [5.41, 5.74) is 0.984. The zero-order valence-electron chi connectivity index (χ0n) is 12.0. The number of carbonyl (C=O) groups excluding carboxylic acids is 2. The Labute approximate surface area is 119 Å². The number of rotatable bonds is 7. The number of hydrogen-bond acceptors (Lipinski definition) is 3. The van der Waals surface area contributed by atoms with Crippen LogP contribution in [0.5, 0.6) is 0 Å². The maximum atomic E-state index is 12.0. The standard InChI is InChI=1S/C15H22N2O3/c1-12(15(20)16-9-6-10-18)17(13(2)19)11-14-7-4-3-5-8-14/h3-5,7-8,12,18H,6,9-11H2,1-2H3,(H,16,20)/t12-/m0/s1. The average molecular weight is 278 g/mol. The van der Waals surface area contributed by atoms with Crippen LogP contribution in [0.1, 0.15) is 25.8 Å². The molecule has 1 atom stereocenters. The third-order valence-corrected chi connectivity index (χ3v) is 3.08. The van der Waals surface area contributed by atoms with Gasteiger partial charge in [-0.25, -0.2) is 0 Å². The van der Waals surface area contributed by atoms with Crippen molar-refractivity contribution >= 4 is 11.8 Å². The Hall–Kier alpha value is -1.88. The lowest BCUT2D eigenvalue weighted by molar-refractivity contribution is -0.139. The fourth-order valence-corrected chi connectivity index (χ4v) is 1.88. The maximum Gasteiger partial charge on any atom is 0.242 e. The van der Waals surface area contributed by atoms with Crippen molar-refractivity contribution in [1.82, 2.24) is 10.2 Å². The van der Waals surface area contributed by atoms with Crippen molar-refractivity contribution in [3.63, 3.8) is 0 Å². The van der Waals surface area contributed by atoms with Gasteiger partial charge >= 0.3 is 0 Å². The van der Waals surface area contributed by atoms with Crippen molar-refractivity contribution in [2.75, 3.05) is 13.2 Å². The lowest BCUT2D eigenvalue weighted by Crippen LogP contribution is -2.47. The zero-order chi connectivity index (χ0) is 15.0. The zero-order valence-corrected chi connectivity index (χ0v) is 12.0. The van der Waals surface area contributed by atoms with Gasteiger partial charge in [-0.15, -0.1) is 0 Å². The van der Waals surface area contributed by atoms with Gasteiger partial charge in [0.25, 0.3) is 0 Å². The summed E-state index contributed by atoms with van der Waals surface area (Å²) < 4.78 is 0. The molecule has 0 aliphatic rings. The van der Waals surface area contributed by atoms with Crippen molar-refractivity contribution < 1.29 is 14.7 Å². The first-order valence-electron chi connectivity index (χ1n) is 6.76. The number of aliphatic hydroxyl groups is 1. The monoisotopic (exact) mass is 278 g/mol. The van der Waals surface area contributed by atoms with Crippen LogP contribution in [-0.2, 0) is 16.1 Å². The summed E-state index contributed by atoms with van der Waals surface area (Å²) in [5, 5.41) is 11.4. The highest BCUT2D eigenvalue weighted by Crippen LogP contribution is 2.09. The summed E-state index contributed by atoms with van der Waals surface area (Å²) in [6, 6.07) is 9.02. The van der Waals surface area contributed by atoms with E-state index in [1.54, 1.807) is 6.92 Å². The normalized spacial score (nSPS) is 11.8. The van der Waals surface area contributed by atoms with Crippen LogP contribution < -0.4 is 5.32 Å². The number of aliphatic hydroxyl groups excluding tert-OH is 1. The van der Waals surface area contributed by atoms with E-state index in [4.69, 9.17) is 5.11 Å². The molecule has 0 aliphatic carbocycles. The van der Waals surface area contributed by atoms with Crippen LogP contribution in [0.4, 0.5) is 0 Å². The van der Waals surface area contributed by atoms with Crippen molar-refractivity contribution in [2.45, 2.75) is 32.9 Å². The average Bonchev–Trinajstić information content (AvgIpc) is 2.45. The highest BCUT2D eigenvalue weighted by Gasteiger charge is 2.23. The van der Waals surface area contributed by atoms with Crippen molar-refractivity contribution in [1.29, 1.82) is 0 Å². The molecular weight excluding hydrogens is 256 g/mol. The highest BCUT2D eigenvalue weighted by atomic mass is 16.3. The van der Waals surface area contributed by atoms with Crippen molar-refractivity contribution in [3.8, 4) is 0 Å². The molecule has 0 radical (unpaired) electrons. The third-order valence-electron chi connectivity index (χ3n) is 3.08. The Kier molecular flexibility index (Phi) is 6.73. The molecule has 5 nitrogen and oxygen atoms in total. The Morgan fingerprint density at radius 2 is 1.95 bits per heavy atom. The van der Waals surface area contributed by atoms with E-state index in [2.05, 4.69) is 5.32 Å². The second kappa shape index (κ2) is 8.32. The van der Waals surface area contributed by atoms with Crippen LogP contribution in [0.2, 0.25) is 0 Å². The molecule has 0 heterocycles. The molecule has 0 bridgehead atoms. The Morgan fingerprint density at radius 3 is 2.50 bits per heavy atom. The minimum Gasteiger partial charge on any atom is -0.396 e. The van der Waals surface area contributed by atoms with Crippen LogP contribution in [-0.4, -0.2) is 41.0 Å². The topological polar surface area (TPSA) is 69.6 Å². The van der Waals surface area contributed by atoms with Gasteiger partial charge in [0.2, 0.25) is 11.8 Å². The fourth-order valence-electron chi connectivity index (χ4n) is 1.88. The number of nitrogens with zero attached hydrogens (tertiary/aromatic N) is 1. The molecule has 5 heteroatoms. The molecule has 0 aliphatic heterocycles. The van der Waals surface area contributed by atoms with Crippen LogP contribution in [0.25, 0.3) is 0 Å². The Morgan fingerprint density at radius 1 is 1.30 bits per heavy atom. The number of nitrogens with one attached hydrogen (secondary N) is 1. The smallest absolute Gasteiger partial charge is 0.242 e. The second-order valence-electron chi connectivity index (χ2n) is 4.68. The highest BCUT2D eigenvalue weighted by molar-refractivity contribution is 5.86. The summed E-state index contributed by atoms with van der Waals surface area (Å²) in [6.07, 6.45) is 0.511. The van der Waals surface area contributed by atoms with Gasteiger partial charge < -0.3 is 15.3 Å². The second-order valence-corrected chi connectivity index (χ2v) is 4.68. The van der Waals surface area contributed by atoms with Gasteiger partial charge in [-0.1, -0.05) is 30.3 Å². The first kappa shape index (κ1) is 16.2. The molecule has 110 valence electrons. The lowest BCUT2D eigenvalue weighted by Gasteiger charge is -2.27. The largest absolute Gasteiger partial charge is 0.396 e. The summed E-state index contributed by atoms with van der Waals surface area (Å²) in [7, 11) is 0. The predicted molar refractivity (Wildman–Crippen MR) is 76.8 cm³/mol. The van der Waals surface area contributed by atoms with Gasteiger partial charge in [0.05, 0.1) is 0 Å². The SMILES string of the molecule is CC(=O)N(Cc1ccccc1)[C@@H](C)C(=O)NCCCO. The fraction of sp³-hybridized carbons (Fsp3) is 0.467. The third kappa shape index (κ3) is 5.01.